The molecule has 0 spiro atoms. The third-order valence-corrected chi connectivity index (χ3v) is 4.77. The lowest BCUT2D eigenvalue weighted by Crippen LogP contribution is -2.47. The van der Waals surface area contributed by atoms with Crippen molar-refractivity contribution in [1.29, 1.82) is 0 Å². The van der Waals surface area contributed by atoms with Gasteiger partial charge in [-0.3, -0.25) is 9.59 Å². The van der Waals surface area contributed by atoms with Crippen LogP contribution in [0.3, 0.4) is 0 Å². The lowest BCUT2D eigenvalue weighted by molar-refractivity contribution is -0.137. The number of likely N-dealkylation sites (tertiary alicyclic amines) is 1. The van der Waals surface area contributed by atoms with Crippen molar-refractivity contribution in [3.8, 4) is 17.2 Å². The number of hydrogen-bond donors (Lipinski definition) is 1. The fourth-order valence-electron chi connectivity index (χ4n) is 3.17. The molecule has 1 saturated carbocycles. The van der Waals surface area contributed by atoms with Gasteiger partial charge in [0, 0.05) is 25.2 Å². The van der Waals surface area contributed by atoms with Crippen LogP contribution in [0.5, 0.6) is 17.2 Å². The summed E-state index contributed by atoms with van der Waals surface area (Å²) in [6.45, 7) is 1.31. The fraction of sp³-hybridized carbons (Fsp3) is 0.556. The summed E-state index contributed by atoms with van der Waals surface area (Å²) in [5.41, 5.74) is 0. The monoisotopic (exact) mass is 346 g/mol. The van der Waals surface area contributed by atoms with E-state index in [1.807, 2.05) is 0 Å². The highest BCUT2D eigenvalue weighted by molar-refractivity contribution is 5.82. The minimum Gasteiger partial charge on any atom is -0.484 e. The molecule has 1 aromatic rings. The third kappa shape index (κ3) is 3.81. The molecule has 2 amide bonds. The molecule has 1 aromatic carbocycles. The first kappa shape index (κ1) is 16.1. The predicted octanol–water partition coefficient (Wildman–Crippen LogP) is 1.31. The van der Waals surface area contributed by atoms with E-state index in [1.165, 1.54) is 0 Å². The van der Waals surface area contributed by atoms with Crippen LogP contribution in [0, 0.1) is 5.92 Å². The third-order valence-electron chi connectivity index (χ3n) is 4.77. The van der Waals surface area contributed by atoms with Crippen LogP contribution in [0.25, 0.3) is 0 Å². The summed E-state index contributed by atoms with van der Waals surface area (Å²) in [6.07, 6.45) is 3.83. The number of carbonyl (C=O) groups is 2. The quantitative estimate of drug-likeness (QED) is 0.870. The van der Waals surface area contributed by atoms with Crippen LogP contribution in [-0.2, 0) is 9.59 Å². The molecule has 7 nitrogen and oxygen atoms in total. The van der Waals surface area contributed by atoms with Gasteiger partial charge in [0.2, 0.25) is 12.7 Å². The Labute approximate surface area is 146 Å². The first-order valence-electron chi connectivity index (χ1n) is 8.79. The van der Waals surface area contributed by atoms with E-state index < -0.39 is 0 Å². The highest BCUT2D eigenvalue weighted by Gasteiger charge is 2.32. The zero-order valence-corrected chi connectivity index (χ0v) is 14.0. The Morgan fingerprint density at radius 2 is 2.04 bits per heavy atom. The van der Waals surface area contributed by atoms with Crippen molar-refractivity contribution in [1.82, 2.24) is 10.2 Å². The summed E-state index contributed by atoms with van der Waals surface area (Å²) < 4.78 is 16.1. The molecule has 2 fully saturated rings. The smallest absolute Gasteiger partial charge is 0.260 e. The van der Waals surface area contributed by atoms with E-state index in [2.05, 4.69) is 5.32 Å². The summed E-state index contributed by atoms with van der Waals surface area (Å²) >= 11 is 0. The van der Waals surface area contributed by atoms with E-state index in [1.54, 1.807) is 23.1 Å². The minimum absolute atomic E-state index is 0.0450. The summed E-state index contributed by atoms with van der Waals surface area (Å²) in [7, 11) is 0. The molecule has 4 rings (SSSR count). The first-order chi connectivity index (χ1) is 12.2. The van der Waals surface area contributed by atoms with Crippen LogP contribution in [0.1, 0.15) is 25.7 Å². The van der Waals surface area contributed by atoms with Crippen LogP contribution in [0.2, 0.25) is 0 Å². The number of nitrogens with zero attached hydrogens (tertiary/aromatic N) is 1. The number of nitrogens with one attached hydrogen (secondary N) is 1. The molecular weight excluding hydrogens is 324 g/mol. The molecule has 2 aliphatic heterocycles. The molecule has 1 N–H and O–H groups in total. The average molecular weight is 346 g/mol. The van der Waals surface area contributed by atoms with Gasteiger partial charge in [0.25, 0.3) is 5.91 Å². The normalized spacial score (nSPS) is 21.8. The molecule has 0 bridgehead atoms. The van der Waals surface area contributed by atoms with Gasteiger partial charge in [-0.1, -0.05) is 0 Å². The largest absolute Gasteiger partial charge is 0.484 e. The molecule has 1 atom stereocenters. The summed E-state index contributed by atoms with van der Waals surface area (Å²) in [6, 6.07) is 5.59. The lowest BCUT2D eigenvalue weighted by atomic mass is 9.97. The number of rotatable bonds is 5. The van der Waals surface area contributed by atoms with Crippen molar-refractivity contribution >= 4 is 11.8 Å². The first-order valence-corrected chi connectivity index (χ1v) is 8.79. The van der Waals surface area contributed by atoms with E-state index in [0.717, 1.165) is 25.7 Å². The van der Waals surface area contributed by atoms with Crippen molar-refractivity contribution in [2.24, 2.45) is 5.92 Å². The topological polar surface area (TPSA) is 77.1 Å². The van der Waals surface area contributed by atoms with E-state index >= 15 is 0 Å². The Balaban J connectivity index is 1.29. The number of fused-ring (bicyclic) bond motifs is 1. The average Bonchev–Trinajstić information content (AvgIpc) is 3.33. The fourth-order valence-corrected chi connectivity index (χ4v) is 3.17. The number of carbonyl (C=O) groups excluding carboxylic acids is 2. The van der Waals surface area contributed by atoms with Crippen LogP contribution in [0.4, 0.5) is 0 Å². The van der Waals surface area contributed by atoms with Gasteiger partial charge < -0.3 is 24.4 Å². The minimum atomic E-state index is -0.108. The maximum absolute atomic E-state index is 12.4. The molecule has 0 radical (unpaired) electrons. The van der Waals surface area contributed by atoms with E-state index in [9.17, 15) is 9.59 Å². The van der Waals surface area contributed by atoms with Crippen molar-refractivity contribution < 1.29 is 23.8 Å². The van der Waals surface area contributed by atoms with Crippen LogP contribution >= 0.6 is 0 Å². The van der Waals surface area contributed by atoms with E-state index in [0.29, 0.717) is 36.4 Å². The van der Waals surface area contributed by atoms with Gasteiger partial charge in [0.1, 0.15) is 5.75 Å². The maximum atomic E-state index is 12.4. The molecule has 1 aliphatic carbocycles. The molecule has 0 aromatic heterocycles. The molecular formula is C18H22N2O5. The molecule has 134 valence electrons. The standard InChI is InChI=1S/C18H22N2O5/c21-17(10-23-14-5-6-15-16(8-14)25-11-24-15)20-7-1-2-12(9-20)18(22)19-13-3-4-13/h5-6,8,12-13H,1-4,7,9-11H2,(H,19,22)/t12-/m1/s1. The van der Waals surface area contributed by atoms with Gasteiger partial charge >= 0.3 is 0 Å². The Morgan fingerprint density at radius 1 is 1.20 bits per heavy atom. The van der Waals surface area contributed by atoms with E-state index in [-0.39, 0.29) is 31.1 Å². The van der Waals surface area contributed by atoms with Gasteiger partial charge in [-0.05, 0) is 37.8 Å². The van der Waals surface area contributed by atoms with Crippen LogP contribution in [0.15, 0.2) is 18.2 Å². The molecule has 1 saturated heterocycles. The van der Waals surface area contributed by atoms with Crippen molar-refractivity contribution in [3.05, 3.63) is 18.2 Å². The Hall–Kier alpha value is -2.44. The van der Waals surface area contributed by atoms with E-state index in [4.69, 9.17) is 14.2 Å². The van der Waals surface area contributed by atoms with Crippen LogP contribution in [-0.4, -0.2) is 49.2 Å². The number of ether oxygens (including phenoxy) is 3. The van der Waals surface area contributed by atoms with Crippen molar-refractivity contribution in [2.75, 3.05) is 26.5 Å². The maximum Gasteiger partial charge on any atom is 0.260 e. The number of hydrogen-bond acceptors (Lipinski definition) is 5. The highest BCUT2D eigenvalue weighted by Crippen LogP contribution is 2.35. The summed E-state index contributed by atoms with van der Waals surface area (Å²) in [5, 5.41) is 3.03. The molecule has 2 heterocycles. The van der Waals surface area contributed by atoms with Gasteiger partial charge in [0.15, 0.2) is 18.1 Å². The second-order valence-electron chi connectivity index (χ2n) is 6.77. The lowest BCUT2D eigenvalue weighted by Gasteiger charge is -2.32. The number of benzene rings is 1. The van der Waals surface area contributed by atoms with Gasteiger partial charge in [-0.2, -0.15) is 0 Å². The van der Waals surface area contributed by atoms with Gasteiger partial charge in [0.05, 0.1) is 5.92 Å². The molecule has 0 unspecified atom stereocenters. The Morgan fingerprint density at radius 3 is 2.88 bits per heavy atom. The van der Waals surface area contributed by atoms with Gasteiger partial charge in [-0.25, -0.2) is 0 Å². The molecule has 25 heavy (non-hydrogen) atoms. The predicted molar refractivity (Wildman–Crippen MR) is 88.5 cm³/mol. The Bertz CT molecular complexity index is 673. The zero-order valence-electron chi connectivity index (χ0n) is 14.0. The summed E-state index contributed by atoms with van der Waals surface area (Å²) in [5.74, 6) is 1.75. The summed E-state index contributed by atoms with van der Waals surface area (Å²) in [4.78, 5) is 26.3. The Kier molecular flexibility index (Phi) is 4.38. The zero-order chi connectivity index (χ0) is 17.2. The number of piperidine rings is 1. The molecule has 7 heteroatoms. The SMILES string of the molecule is O=C(NC1CC1)[C@@H]1CCCN(C(=O)COc2ccc3c(c2)OCO3)C1. The molecule has 3 aliphatic rings. The second-order valence-corrected chi connectivity index (χ2v) is 6.77. The van der Waals surface area contributed by atoms with Crippen LogP contribution < -0.4 is 19.5 Å². The van der Waals surface area contributed by atoms with Gasteiger partial charge in [-0.15, -0.1) is 0 Å². The number of amides is 2. The highest BCUT2D eigenvalue weighted by atomic mass is 16.7. The van der Waals surface area contributed by atoms with Crippen molar-refractivity contribution in [2.45, 2.75) is 31.7 Å². The van der Waals surface area contributed by atoms with Crippen molar-refractivity contribution in [3.63, 3.8) is 0 Å². The second kappa shape index (κ2) is 6.82.